The molecule has 0 radical (unpaired) electrons. The molecule has 2 aromatic rings. The molecule has 5 nitrogen and oxygen atoms in total. The molecule has 0 atom stereocenters. The quantitative estimate of drug-likeness (QED) is 0.482. The van der Waals surface area contributed by atoms with Crippen LogP contribution in [0.15, 0.2) is 18.3 Å². The number of aromatic nitrogens is 2. The standard InChI is InChI=1S/C10H3Cl2F2N3O2/c11-5-2-8(17(18)19)6(13)1-4(5)9-7(14)3-15-10(12)16-9/h1-3H. The maximum Gasteiger partial charge on any atom is 0.306 e. The van der Waals surface area contributed by atoms with Gasteiger partial charge < -0.3 is 0 Å². The van der Waals surface area contributed by atoms with Crippen LogP contribution in [0.1, 0.15) is 0 Å². The average Bonchev–Trinajstić information content (AvgIpc) is 2.34. The maximum absolute atomic E-state index is 13.5. The van der Waals surface area contributed by atoms with Crippen LogP contribution in [-0.4, -0.2) is 14.9 Å². The number of halogens is 4. The monoisotopic (exact) mass is 305 g/mol. The normalized spacial score (nSPS) is 10.5. The predicted octanol–water partition coefficient (Wildman–Crippen LogP) is 3.64. The highest BCUT2D eigenvalue weighted by Crippen LogP contribution is 2.33. The van der Waals surface area contributed by atoms with Crippen LogP contribution in [-0.2, 0) is 0 Å². The molecule has 9 heteroatoms. The highest BCUT2D eigenvalue weighted by atomic mass is 35.5. The van der Waals surface area contributed by atoms with Crippen molar-refractivity contribution in [2.24, 2.45) is 0 Å². The Kier molecular flexibility index (Phi) is 3.59. The molecule has 98 valence electrons. The molecule has 0 fully saturated rings. The fourth-order valence-corrected chi connectivity index (χ4v) is 1.77. The Morgan fingerprint density at radius 3 is 2.53 bits per heavy atom. The second-order valence-electron chi connectivity index (χ2n) is 3.38. The summed E-state index contributed by atoms with van der Waals surface area (Å²) in [4.78, 5) is 16.6. The van der Waals surface area contributed by atoms with E-state index in [0.29, 0.717) is 0 Å². The molecule has 0 aliphatic heterocycles. The minimum absolute atomic E-state index is 0.147. The van der Waals surface area contributed by atoms with E-state index in [2.05, 4.69) is 9.97 Å². The van der Waals surface area contributed by atoms with E-state index < -0.39 is 22.2 Å². The van der Waals surface area contributed by atoms with Gasteiger partial charge in [-0.2, -0.15) is 4.39 Å². The Morgan fingerprint density at radius 1 is 1.21 bits per heavy atom. The molecule has 0 bridgehead atoms. The van der Waals surface area contributed by atoms with E-state index in [0.717, 1.165) is 18.3 Å². The highest BCUT2D eigenvalue weighted by molar-refractivity contribution is 6.33. The van der Waals surface area contributed by atoms with Gasteiger partial charge in [0.05, 0.1) is 16.1 Å². The van der Waals surface area contributed by atoms with Crippen molar-refractivity contribution in [3.8, 4) is 11.3 Å². The summed E-state index contributed by atoms with van der Waals surface area (Å²) in [6.45, 7) is 0. The summed E-state index contributed by atoms with van der Waals surface area (Å²) in [7, 11) is 0. The molecule has 0 saturated carbocycles. The average molecular weight is 306 g/mol. The zero-order chi connectivity index (χ0) is 14.2. The summed E-state index contributed by atoms with van der Waals surface area (Å²) in [5.74, 6) is -2.03. The lowest BCUT2D eigenvalue weighted by atomic mass is 10.1. The van der Waals surface area contributed by atoms with E-state index in [1.807, 2.05) is 0 Å². The zero-order valence-electron chi connectivity index (χ0n) is 8.90. The number of hydrogen-bond acceptors (Lipinski definition) is 4. The summed E-state index contributed by atoms with van der Waals surface area (Å²) >= 11 is 11.3. The first kappa shape index (κ1) is 13.6. The molecule has 0 N–H and O–H groups in total. The minimum Gasteiger partial charge on any atom is -0.258 e. The number of rotatable bonds is 2. The molecule has 2 rings (SSSR count). The lowest BCUT2D eigenvalue weighted by Crippen LogP contribution is -1.97. The van der Waals surface area contributed by atoms with Crippen molar-refractivity contribution >= 4 is 28.9 Å². The van der Waals surface area contributed by atoms with Gasteiger partial charge in [-0.05, 0) is 17.7 Å². The molecule has 0 amide bonds. The second kappa shape index (κ2) is 5.02. The largest absolute Gasteiger partial charge is 0.306 e. The second-order valence-corrected chi connectivity index (χ2v) is 4.12. The van der Waals surface area contributed by atoms with Crippen molar-refractivity contribution in [2.45, 2.75) is 0 Å². The van der Waals surface area contributed by atoms with Crippen molar-refractivity contribution in [3.05, 3.63) is 50.4 Å². The third-order valence-corrected chi connectivity index (χ3v) is 2.70. The van der Waals surface area contributed by atoms with Crippen molar-refractivity contribution < 1.29 is 13.7 Å². The van der Waals surface area contributed by atoms with Gasteiger partial charge in [-0.3, -0.25) is 10.1 Å². The van der Waals surface area contributed by atoms with E-state index in [4.69, 9.17) is 23.2 Å². The molecular formula is C10H3Cl2F2N3O2. The first-order valence-electron chi connectivity index (χ1n) is 4.72. The number of benzene rings is 1. The number of nitro benzene ring substituents is 1. The Hall–Kier alpha value is -1.86. The van der Waals surface area contributed by atoms with Gasteiger partial charge in [0.2, 0.25) is 11.1 Å². The fraction of sp³-hybridized carbons (Fsp3) is 0. The summed E-state index contributed by atoms with van der Waals surface area (Å²) < 4.78 is 27.0. The molecule has 0 aliphatic carbocycles. The van der Waals surface area contributed by atoms with Crippen molar-refractivity contribution in [3.63, 3.8) is 0 Å². The summed E-state index contributed by atoms with van der Waals surface area (Å²) in [6, 6.07) is 1.50. The molecule has 0 spiro atoms. The molecule has 0 aliphatic rings. The van der Waals surface area contributed by atoms with Crippen LogP contribution in [0, 0.1) is 21.7 Å². The van der Waals surface area contributed by atoms with Gasteiger partial charge >= 0.3 is 5.69 Å². The van der Waals surface area contributed by atoms with Gasteiger partial charge in [-0.25, -0.2) is 14.4 Å². The molecule has 1 aromatic heterocycles. The lowest BCUT2D eigenvalue weighted by Gasteiger charge is -2.05. The van der Waals surface area contributed by atoms with E-state index in [-0.39, 0.29) is 21.6 Å². The minimum atomic E-state index is -1.15. The van der Waals surface area contributed by atoms with Gasteiger partial charge in [-0.15, -0.1) is 0 Å². The first-order chi connectivity index (χ1) is 8.90. The Balaban J connectivity index is 2.67. The van der Waals surface area contributed by atoms with E-state index >= 15 is 0 Å². The summed E-state index contributed by atoms with van der Waals surface area (Å²) in [5.41, 5.74) is -1.29. The fourth-order valence-electron chi connectivity index (χ4n) is 1.39. The van der Waals surface area contributed by atoms with Crippen LogP contribution < -0.4 is 0 Å². The maximum atomic E-state index is 13.5. The molecule has 0 unspecified atom stereocenters. The third kappa shape index (κ3) is 2.61. The van der Waals surface area contributed by atoms with Crippen molar-refractivity contribution in [1.29, 1.82) is 0 Å². The number of nitro groups is 1. The first-order valence-corrected chi connectivity index (χ1v) is 5.47. The van der Waals surface area contributed by atoms with Crippen LogP contribution in [0.3, 0.4) is 0 Å². The van der Waals surface area contributed by atoms with Gasteiger partial charge in [0, 0.05) is 11.6 Å². The number of nitrogens with zero attached hydrogens (tertiary/aromatic N) is 3. The Morgan fingerprint density at radius 2 is 1.89 bits per heavy atom. The molecule has 1 heterocycles. The summed E-state index contributed by atoms with van der Waals surface area (Å²) in [5, 5.41) is 10.1. The Bertz CT molecular complexity index is 682. The molecular weight excluding hydrogens is 303 g/mol. The van der Waals surface area contributed by atoms with Crippen LogP contribution in [0.2, 0.25) is 10.3 Å². The van der Waals surface area contributed by atoms with Crippen LogP contribution >= 0.6 is 23.2 Å². The number of hydrogen-bond donors (Lipinski definition) is 0. The summed E-state index contributed by atoms with van der Waals surface area (Å²) in [6.07, 6.45) is 0.792. The van der Waals surface area contributed by atoms with Gasteiger partial charge in [0.1, 0.15) is 5.69 Å². The lowest BCUT2D eigenvalue weighted by molar-refractivity contribution is -0.387. The topological polar surface area (TPSA) is 68.9 Å². The van der Waals surface area contributed by atoms with E-state index in [1.165, 1.54) is 0 Å². The van der Waals surface area contributed by atoms with Crippen molar-refractivity contribution in [1.82, 2.24) is 9.97 Å². The van der Waals surface area contributed by atoms with Gasteiger partial charge in [0.15, 0.2) is 5.82 Å². The van der Waals surface area contributed by atoms with Crippen LogP contribution in [0.5, 0.6) is 0 Å². The molecule has 1 aromatic carbocycles. The SMILES string of the molecule is O=[N+]([O-])c1cc(Cl)c(-c2nc(Cl)ncc2F)cc1F. The third-order valence-electron chi connectivity index (χ3n) is 2.20. The van der Waals surface area contributed by atoms with E-state index in [9.17, 15) is 18.9 Å². The van der Waals surface area contributed by atoms with Gasteiger partial charge in [-0.1, -0.05) is 11.6 Å². The Labute approximate surface area is 115 Å². The van der Waals surface area contributed by atoms with Crippen LogP contribution in [0.25, 0.3) is 11.3 Å². The smallest absolute Gasteiger partial charge is 0.258 e. The van der Waals surface area contributed by atoms with Crippen molar-refractivity contribution in [2.75, 3.05) is 0 Å². The molecule has 0 saturated heterocycles. The highest BCUT2D eigenvalue weighted by Gasteiger charge is 2.21. The van der Waals surface area contributed by atoms with Gasteiger partial charge in [0.25, 0.3) is 0 Å². The van der Waals surface area contributed by atoms with E-state index in [1.54, 1.807) is 0 Å². The predicted molar refractivity (Wildman–Crippen MR) is 64.1 cm³/mol. The molecule has 19 heavy (non-hydrogen) atoms. The van der Waals surface area contributed by atoms with Crippen LogP contribution in [0.4, 0.5) is 14.5 Å². The zero-order valence-corrected chi connectivity index (χ0v) is 10.4.